The lowest BCUT2D eigenvalue weighted by Gasteiger charge is -2.27. The molecule has 1 saturated carbocycles. The van der Waals surface area contributed by atoms with Crippen LogP contribution in [0.15, 0.2) is 24.3 Å². The predicted octanol–water partition coefficient (Wildman–Crippen LogP) is 3.81. The molecule has 2 nitrogen and oxygen atoms in total. The van der Waals surface area contributed by atoms with Crippen LogP contribution in [0.4, 0.5) is 0 Å². The zero-order valence-corrected chi connectivity index (χ0v) is 10.9. The molecule has 0 bridgehead atoms. The van der Waals surface area contributed by atoms with Crippen molar-refractivity contribution in [3.8, 4) is 6.07 Å². The van der Waals surface area contributed by atoms with E-state index in [4.69, 9.17) is 5.26 Å². The number of nitrogens with zero attached hydrogens (tertiary/aromatic N) is 1. The van der Waals surface area contributed by atoms with E-state index in [-0.39, 0.29) is 5.92 Å². The van der Waals surface area contributed by atoms with Crippen molar-refractivity contribution in [2.45, 2.75) is 44.9 Å². The van der Waals surface area contributed by atoms with E-state index in [1.165, 1.54) is 12.8 Å². The summed E-state index contributed by atoms with van der Waals surface area (Å²) < 4.78 is 0. The average Bonchev–Trinajstić information content (AvgIpc) is 2.40. The van der Waals surface area contributed by atoms with Gasteiger partial charge >= 0.3 is 0 Å². The summed E-state index contributed by atoms with van der Waals surface area (Å²) in [5.74, 6) is 1.03. The van der Waals surface area contributed by atoms with Crippen LogP contribution >= 0.6 is 0 Å². The first-order valence-corrected chi connectivity index (χ1v) is 6.77. The van der Waals surface area contributed by atoms with Gasteiger partial charge in [-0.05, 0) is 36.5 Å². The van der Waals surface area contributed by atoms with Gasteiger partial charge in [0, 0.05) is 12.3 Å². The van der Waals surface area contributed by atoms with E-state index in [2.05, 4.69) is 13.0 Å². The van der Waals surface area contributed by atoms with Crippen molar-refractivity contribution in [3.05, 3.63) is 35.4 Å². The van der Waals surface area contributed by atoms with Crippen molar-refractivity contribution in [2.24, 2.45) is 5.92 Å². The molecule has 18 heavy (non-hydrogen) atoms. The number of hydrogen-bond donors (Lipinski definition) is 0. The molecule has 1 aromatic rings. The van der Waals surface area contributed by atoms with Gasteiger partial charge in [-0.2, -0.15) is 5.26 Å². The Morgan fingerprint density at radius 3 is 2.56 bits per heavy atom. The van der Waals surface area contributed by atoms with Gasteiger partial charge in [0.15, 0.2) is 0 Å². The molecule has 0 N–H and O–H groups in total. The molecule has 0 unspecified atom stereocenters. The summed E-state index contributed by atoms with van der Waals surface area (Å²) in [6, 6.07) is 9.58. The molecule has 2 heteroatoms. The lowest BCUT2D eigenvalue weighted by Crippen LogP contribution is -2.23. The summed E-state index contributed by atoms with van der Waals surface area (Å²) in [6.07, 6.45) is 5.20. The fraction of sp³-hybridized carbons (Fsp3) is 0.500. The summed E-state index contributed by atoms with van der Waals surface area (Å²) in [7, 11) is 0. The summed E-state index contributed by atoms with van der Waals surface area (Å²) >= 11 is 0. The minimum absolute atomic E-state index is 0.0610. The molecule has 0 aromatic heterocycles. The first kappa shape index (κ1) is 12.8. The second-order valence-electron chi connectivity index (χ2n) is 5.19. The van der Waals surface area contributed by atoms with Gasteiger partial charge in [-0.25, -0.2) is 0 Å². The van der Waals surface area contributed by atoms with Gasteiger partial charge in [0.05, 0.1) is 11.6 Å². The van der Waals surface area contributed by atoms with Gasteiger partial charge in [0.2, 0.25) is 0 Å². The maximum absolute atomic E-state index is 12.2. The van der Waals surface area contributed by atoms with Gasteiger partial charge in [-0.15, -0.1) is 0 Å². The highest BCUT2D eigenvalue weighted by molar-refractivity contribution is 5.86. The second-order valence-corrected chi connectivity index (χ2v) is 5.19. The van der Waals surface area contributed by atoms with E-state index < -0.39 is 0 Å². The quantitative estimate of drug-likeness (QED) is 0.807. The van der Waals surface area contributed by atoms with E-state index in [1.54, 1.807) is 12.1 Å². The molecule has 2 atom stereocenters. The monoisotopic (exact) mass is 241 g/mol. The van der Waals surface area contributed by atoms with E-state index >= 15 is 0 Å². The van der Waals surface area contributed by atoms with Crippen molar-refractivity contribution in [1.82, 2.24) is 0 Å². The minimum atomic E-state index is 0.0610. The van der Waals surface area contributed by atoms with Crippen LogP contribution in [0.5, 0.6) is 0 Å². The first-order valence-electron chi connectivity index (χ1n) is 6.77. The fourth-order valence-corrected chi connectivity index (χ4v) is 2.89. The Labute approximate surface area is 109 Å². The Morgan fingerprint density at radius 1 is 1.28 bits per heavy atom. The third-order valence-electron chi connectivity index (χ3n) is 3.88. The number of carbonyl (C=O) groups is 1. The molecule has 0 amide bonds. The van der Waals surface area contributed by atoms with Gasteiger partial charge in [0.1, 0.15) is 5.78 Å². The average molecular weight is 241 g/mol. The molecule has 2 rings (SSSR count). The SMILES string of the molecule is CCC[C@@H]1CC[C@@H](c2ccc(C#N)cc2)C(=O)C1. The zero-order valence-electron chi connectivity index (χ0n) is 10.9. The summed E-state index contributed by atoms with van der Waals surface area (Å²) in [5.41, 5.74) is 1.74. The molecular formula is C16H19NO. The van der Waals surface area contributed by atoms with Crippen LogP contribution in [0.3, 0.4) is 0 Å². The Balaban J connectivity index is 2.06. The van der Waals surface area contributed by atoms with Crippen molar-refractivity contribution >= 4 is 5.78 Å². The molecule has 1 aliphatic rings. The Hall–Kier alpha value is -1.62. The second kappa shape index (κ2) is 5.82. The largest absolute Gasteiger partial charge is 0.299 e. The van der Waals surface area contributed by atoms with Crippen LogP contribution < -0.4 is 0 Å². The summed E-state index contributed by atoms with van der Waals surface area (Å²) in [6.45, 7) is 2.18. The van der Waals surface area contributed by atoms with Crippen LogP contribution in [0.1, 0.15) is 56.1 Å². The Kier molecular flexibility index (Phi) is 4.15. The molecule has 1 aliphatic carbocycles. The predicted molar refractivity (Wildman–Crippen MR) is 71.2 cm³/mol. The highest BCUT2D eigenvalue weighted by Crippen LogP contribution is 2.35. The zero-order chi connectivity index (χ0) is 13.0. The number of carbonyl (C=O) groups excluding carboxylic acids is 1. The van der Waals surface area contributed by atoms with E-state index in [0.29, 0.717) is 17.3 Å². The third-order valence-corrected chi connectivity index (χ3v) is 3.88. The van der Waals surface area contributed by atoms with Gasteiger partial charge in [-0.3, -0.25) is 4.79 Å². The number of rotatable bonds is 3. The summed E-state index contributed by atoms with van der Waals surface area (Å²) in [4.78, 5) is 12.2. The van der Waals surface area contributed by atoms with Gasteiger partial charge in [0.25, 0.3) is 0 Å². The molecule has 94 valence electrons. The molecular weight excluding hydrogens is 222 g/mol. The lowest BCUT2D eigenvalue weighted by molar-refractivity contribution is -0.123. The Morgan fingerprint density at radius 2 is 2.00 bits per heavy atom. The summed E-state index contributed by atoms with van der Waals surface area (Å²) in [5, 5.41) is 8.77. The molecule has 0 heterocycles. The molecule has 0 spiro atoms. The maximum atomic E-state index is 12.2. The first-order chi connectivity index (χ1) is 8.74. The maximum Gasteiger partial charge on any atom is 0.140 e. The number of ketones is 1. The minimum Gasteiger partial charge on any atom is -0.299 e. The number of nitriles is 1. The number of hydrogen-bond acceptors (Lipinski definition) is 2. The smallest absolute Gasteiger partial charge is 0.140 e. The van der Waals surface area contributed by atoms with E-state index in [1.807, 2.05) is 12.1 Å². The molecule has 1 aromatic carbocycles. The van der Waals surface area contributed by atoms with Gasteiger partial charge < -0.3 is 0 Å². The Bertz CT molecular complexity index is 455. The van der Waals surface area contributed by atoms with Crippen molar-refractivity contribution < 1.29 is 4.79 Å². The van der Waals surface area contributed by atoms with Crippen LogP contribution in [0.2, 0.25) is 0 Å². The van der Waals surface area contributed by atoms with Crippen LogP contribution in [0, 0.1) is 17.2 Å². The molecule has 0 radical (unpaired) electrons. The van der Waals surface area contributed by atoms with Crippen molar-refractivity contribution in [2.75, 3.05) is 0 Å². The number of benzene rings is 1. The molecule has 1 fully saturated rings. The van der Waals surface area contributed by atoms with E-state index in [0.717, 1.165) is 24.8 Å². The highest BCUT2D eigenvalue weighted by Gasteiger charge is 2.28. The fourth-order valence-electron chi connectivity index (χ4n) is 2.89. The normalized spacial score (nSPS) is 23.7. The number of Topliss-reactive ketones (excluding diaryl/α,β-unsaturated/α-hetero) is 1. The third kappa shape index (κ3) is 2.79. The lowest BCUT2D eigenvalue weighted by atomic mass is 9.76. The van der Waals surface area contributed by atoms with Gasteiger partial charge in [-0.1, -0.05) is 31.9 Å². The van der Waals surface area contributed by atoms with Crippen molar-refractivity contribution in [1.29, 1.82) is 5.26 Å². The van der Waals surface area contributed by atoms with Crippen LogP contribution in [-0.2, 0) is 4.79 Å². The standard InChI is InChI=1S/C16H19NO/c1-2-3-12-6-9-15(16(18)10-12)14-7-4-13(11-17)5-8-14/h4-5,7-8,12,15H,2-3,6,9-10H2,1H3/t12-,15+/m1/s1. The topological polar surface area (TPSA) is 40.9 Å². The van der Waals surface area contributed by atoms with Crippen LogP contribution in [-0.4, -0.2) is 5.78 Å². The van der Waals surface area contributed by atoms with Crippen molar-refractivity contribution in [3.63, 3.8) is 0 Å². The van der Waals surface area contributed by atoms with Crippen LogP contribution in [0.25, 0.3) is 0 Å². The van der Waals surface area contributed by atoms with E-state index in [9.17, 15) is 4.79 Å². The molecule has 0 aliphatic heterocycles. The highest BCUT2D eigenvalue weighted by atomic mass is 16.1. The molecule has 0 saturated heterocycles.